The van der Waals surface area contributed by atoms with Gasteiger partial charge in [-0.2, -0.15) is 11.8 Å². The number of benzene rings is 1. The first kappa shape index (κ1) is 14.6. The molecule has 0 radical (unpaired) electrons. The minimum absolute atomic E-state index is 0.250. The minimum atomic E-state index is 0.250. The molecule has 0 aromatic heterocycles. The molecule has 0 aliphatic rings. The average molecular weight is 253 g/mol. The van der Waals surface area contributed by atoms with Crippen LogP contribution in [0.3, 0.4) is 0 Å². The van der Waals surface area contributed by atoms with Crippen LogP contribution in [0.4, 0.5) is 0 Å². The predicted octanol–water partition coefficient (Wildman–Crippen LogP) is 2.84. The molecule has 0 spiro atoms. The number of hydrogen-bond donors (Lipinski definition) is 2. The molecule has 0 heterocycles. The van der Waals surface area contributed by atoms with E-state index in [0.717, 1.165) is 18.7 Å². The molecule has 0 aliphatic heterocycles. The normalized spacial score (nSPS) is 14.5. The number of aliphatic hydroxyl groups is 1. The highest BCUT2D eigenvalue weighted by Gasteiger charge is 2.12. The van der Waals surface area contributed by atoms with Gasteiger partial charge >= 0.3 is 0 Å². The van der Waals surface area contributed by atoms with E-state index < -0.39 is 0 Å². The molecule has 1 aromatic carbocycles. The molecule has 3 heteroatoms. The maximum atomic E-state index is 9.05. The molecule has 96 valence electrons. The van der Waals surface area contributed by atoms with E-state index in [-0.39, 0.29) is 6.61 Å². The van der Waals surface area contributed by atoms with Gasteiger partial charge in [0.25, 0.3) is 0 Å². The van der Waals surface area contributed by atoms with Crippen LogP contribution in [0, 0.1) is 0 Å². The molecule has 2 N–H and O–H groups in total. The van der Waals surface area contributed by atoms with E-state index in [2.05, 4.69) is 43.4 Å². The lowest BCUT2D eigenvalue weighted by Gasteiger charge is -2.20. The van der Waals surface area contributed by atoms with Crippen molar-refractivity contribution in [2.45, 2.75) is 31.6 Å². The van der Waals surface area contributed by atoms with Crippen LogP contribution in [0.2, 0.25) is 0 Å². The topological polar surface area (TPSA) is 32.3 Å². The van der Waals surface area contributed by atoms with E-state index in [0.29, 0.717) is 11.3 Å². The summed E-state index contributed by atoms with van der Waals surface area (Å²) in [6.45, 7) is 5.53. The maximum absolute atomic E-state index is 9.05. The van der Waals surface area contributed by atoms with Crippen LogP contribution < -0.4 is 5.32 Å². The van der Waals surface area contributed by atoms with Gasteiger partial charge in [-0.3, -0.25) is 0 Å². The number of hydrogen-bond acceptors (Lipinski definition) is 3. The Balaban J connectivity index is 2.54. The average Bonchev–Trinajstić information content (AvgIpc) is 2.39. The fraction of sp³-hybridized carbons (Fsp3) is 0.571. The maximum Gasteiger partial charge on any atom is 0.0547 e. The molecule has 0 bridgehead atoms. The Morgan fingerprint density at radius 2 is 2.00 bits per heavy atom. The summed E-state index contributed by atoms with van der Waals surface area (Å²) in [6.07, 6.45) is 1.14. The number of nitrogens with one attached hydrogen (secondary N) is 1. The summed E-state index contributed by atoms with van der Waals surface area (Å²) in [6, 6.07) is 10.9. The second-order valence-electron chi connectivity index (χ2n) is 4.24. The lowest BCUT2D eigenvalue weighted by atomic mass is 10.1. The molecular weight excluding hydrogens is 230 g/mol. The molecule has 1 aromatic rings. The van der Waals surface area contributed by atoms with Gasteiger partial charge in [-0.25, -0.2) is 0 Å². The zero-order valence-electron chi connectivity index (χ0n) is 10.7. The Labute approximate surface area is 109 Å². The molecule has 0 saturated heterocycles. The number of rotatable bonds is 8. The van der Waals surface area contributed by atoms with Crippen molar-refractivity contribution < 1.29 is 5.11 Å². The van der Waals surface area contributed by atoms with Crippen LogP contribution in [0.15, 0.2) is 30.3 Å². The first-order valence-electron chi connectivity index (χ1n) is 6.28. The molecule has 2 nitrogen and oxygen atoms in total. The summed E-state index contributed by atoms with van der Waals surface area (Å²) < 4.78 is 0. The highest BCUT2D eigenvalue weighted by molar-refractivity contribution is 7.99. The van der Waals surface area contributed by atoms with Crippen LogP contribution in [0.25, 0.3) is 0 Å². The van der Waals surface area contributed by atoms with Gasteiger partial charge in [0, 0.05) is 17.0 Å². The largest absolute Gasteiger partial charge is 0.395 e. The van der Waals surface area contributed by atoms with Crippen molar-refractivity contribution in [1.82, 2.24) is 5.32 Å². The van der Waals surface area contributed by atoms with Crippen molar-refractivity contribution in [3.8, 4) is 0 Å². The van der Waals surface area contributed by atoms with Gasteiger partial charge in [-0.05, 0) is 18.5 Å². The van der Waals surface area contributed by atoms with Crippen molar-refractivity contribution in [3.63, 3.8) is 0 Å². The number of thioether (sulfide) groups is 1. The molecule has 0 fully saturated rings. The summed E-state index contributed by atoms with van der Waals surface area (Å²) in [5.41, 5.74) is 1.33. The highest BCUT2D eigenvalue weighted by atomic mass is 32.2. The quantitative estimate of drug-likeness (QED) is 0.747. The summed E-state index contributed by atoms with van der Waals surface area (Å²) in [7, 11) is 0. The van der Waals surface area contributed by atoms with Gasteiger partial charge in [-0.1, -0.05) is 44.2 Å². The SMILES string of the molecule is CCCNC(CSC(C)CO)c1ccccc1. The Hall–Kier alpha value is -0.510. The molecular formula is C14H23NOS. The zero-order valence-corrected chi connectivity index (χ0v) is 11.5. The fourth-order valence-electron chi connectivity index (χ4n) is 1.59. The van der Waals surface area contributed by atoms with Gasteiger partial charge in [-0.15, -0.1) is 0 Å². The Morgan fingerprint density at radius 3 is 2.59 bits per heavy atom. The second-order valence-corrected chi connectivity index (χ2v) is 5.72. The zero-order chi connectivity index (χ0) is 12.5. The third-order valence-electron chi connectivity index (χ3n) is 2.65. The first-order chi connectivity index (χ1) is 8.27. The summed E-state index contributed by atoms with van der Waals surface area (Å²) >= 11 is 1.82. The molecule has 2 atom stereocenters. The minimum Gasteiger partial charge on any atom is -0.395 e. The van der Waals surface area contributed by atoms with Crippen molar-refractivity contribution in [1.29, 1.82) is 0 Å². The Kier molecular flexibility index (Phi) is 7.33. The van der Waals surface area contributed by atoms with Crippen LogP contribution in [-0.2, 0) is 0 Å². The molecule has 2 unspecified atom stereocenters. The van der Waals surface area contributed by atoms with Crippen molar-refractivity contribution in [3.05, 3.63) is 35.9 Å². The first-order valence-corrected chi connectivity index (χ1v) is 7.33. The van der Waals surface area contributed by atoms with E-state index in [1.165, 1.54) is 5.56 Å². The summed E-state index contributed by atoms with van der Waals surface area (Å²) in [5.74, 6) is 1.01. The van der Waals surface area contributed by atoms with Crippen LogP contribution >= 0.6 is 11.8 Å². The van der Waals surface area contributed by atoms with E-state index in [1.807, 2.05) is 17.8 Å². The van der Waals surface area contributed by atoms with E-state index in [9.17, 15) is 0 Å². The van der Waals surface area contributed by atoms with Gasteiger partial charge in [0.15, 0.2) is 0 Å². The number of aliphatic hydroxyl groups excluding tert-OH is 1. The Bertz CT molecular complexity index is 292. The Morgan fingerprint density at radius 1 is 1.29 bits per heavy atom. The van der Waals surface area contributed by atoms with Crippen LogP contribution in [-0.4, -0.2) is 29.3 Å². The van der Waals surface area contributed by atoms with Gasteiger partial charge in [0.1, 0.15) is 0 Å². The third kappa shape index (κ3) is 5.57. The van der Waals surface area contributed by atoms with Gasteiger partial charge < -0.3 is 10.4 Å². The van der Waals surface area contributed by atoms with Crippen LogP contribution in [0.1, 0.15) is 31.9 Å². The third-order valence-corrected chi connectivity index (χ3v) is 3.89. The second kappa shape index (κ2) is 8.56. The van der Waals surface area contributed by atoms with E-state index in [1.54, 1.807) is 0 Å². The van der Waals surface area contributed by atoms with Crippen molar-refractivity contribution in [2.75, 3.05) is 18.9 Å². The molecule has 0 aliphatic carbocycles. The molecule has 1 rings (SSSR count). The van der Waals surface area contributed by atoms with Crippen molar-refractivity contribution >= 4 is 11.8 Å². The monoisotopic (exact) mass is 253 g/mol. The lowest BCUT2D eigenvalue weighted by molar-refractivity contribution is 0.300. The van der Waals surface area contributed by atoms with E-state index in [4.69, 9.17) is 5.11 Å². The van der Waals surface area contributed by atoms with Crippen molar-refractivity contribution in [2.24, 2.45) is 0 Å². The van der Waals surface area contributed by atoms with Gasteiger partial charge in [0.05, 0.1) is 6.61 Å². The summed E-state index contributed by atoms with van der Waals surface area (Å²) in [5, 5.41) is 12.9. The molecule has 0 amide bonds. The fourth-order valence-corrected chi connectivity index (χ4v) is 2.53. The smallest absolute Gasteiger partial charge is 0.0547 e. The van der Waals surface area contributed by atoms with Gasteiger partial charge in [0.2, 0.25) is 0 Å². The summed E-state index contributed by atoms with van der Waals surface area (Å²) in [4.78, 5) is 0. The molecule has 0 saturated carbocycles. The predicted molar refractivity (Wildman–Crippen MR) is 76.5 cm³/mol. The van der Waals surface area contributed by atoms with Crippen LogP contribution in [0.5, 0.6) is 0 Å². The highest BCUT2D eigenvalue weighted by Crippen LogP contribution is 2.21. The lowest BCUT2D eigenvalue weighted by Crippen LogP contribution is -2.25. The van der Waals surface area contributed by atoms with E-state index >= 15 is 0 Å². The molecule has 17 heavy (non-hydrogen) atoms. The standard InChI is InChI=1S/C14H23NOS/c1-3-9-15-14(11-17-12(2)10-16)13-7-5-4-6-8-13/h4-8,12,14-16H,3,9-11H2,1-2H3.